The molecule has 19 heavy (non-hydrogen) atoms. The first-order chi connectivity index (χ1) is 8.99. The second kappa shape index (κ2) is 6.58. The van der Waals surface area contributed by atoms with Gasteiger partial charge in [-0.1, -0.05) is 6.92 Å². The van der Waals surface area contributed by atoms with Gasteiger partial charge in [-0.15, -0.1) is 0 Å². The first kappa shape index (κ1) is 14.7. The van der Waals surface area contributed by atoms with Crippen LogP contribution in [0.1, 0.15) is 13.3 Å². The molecule has 0 fully saturated rings. The largest absolute Gasteiger partial charge is 0.497 e. The Morgan fingerprint density at radius 3 is 2.68 bits per heavy atom. The van der Waals surface area contributed by atoms with Gasteiger partial charge in [0.25, 0.3) is 5.69 Å². The second-order valence-electron chi connectivity index (χ2n) is 3.93. The molecule has 7 nitrogen and oxygen atoms in total. The van der Waals surface area contributed by atoms with E-state index in [9.17, 15) is 14.9 Å². The summed E-state index contributed by atoms with van der Waals surface area (Å²) in [4.78, 5) is 22.8. The summed E-state index contributed by atoms with van der Waals surface area (Å²) >= 11 is 0. The van der Waals surface area contributed by atoms with Crippen LogP contribution >= 0.6 is 0 Å². The Hall–Kier alpha value is -2.31. The van der Waals surface area contributed by atoms with Gasteiger partial charge < -0.3 is 14.7 Å². The normalized spacial score (nSPS) is 10.0. The maximum absolute atomic E-state index is 11.0. The number of methoxy groups -OCH3 is 1. The van der Waals surface area contributed by atoms with Crippen LogP contribution in [0.15, 0.2) is 18.2 Å². The number of hydrogen-bond acceptors (Lipinski definition) is 5. The molecule has 1 aromatic rings. The molecule has 7 heteroatoms. The number of anilines is 1. The molecule has 0 atom stereocenters. The number of hydrogen-bond donors (Lipinski definition) is 1. The number of nitro groups is 1. The van der Waals surface area contributed by atoms with E-state index in [0.29, 0.717) is 18.7 Å². The third-order valence-corrected chi connectivity index (χ3v) is 2.54. The summed E-state index contributed by atoms with van der Waals surface area (Å²) < 4.78 is 5.03. The zero-order valence-corrected chi connectivity index (χ0v) is 10.8. The Labute approximate surface area is 110 Å². The fourth-order valence-electron chi connectivity index (χ4n) is 1.76. The third kappa shape index (κ3) is 3.84. The highest BCUT2D eigenvalue weighted by molar-refractivity contribution is 5.76. The lowest BCUT2D eigenvalue weighted by Crippen LogP contribution is -2.30. The van der Waals surface area contributed by atoms with Gasteiger partial charge in [0.15, 0.2) is 0 Å². The van der Waals surface area contributed by atoms with Crippen molar-refractivity contribution in [1.29, 1.82) is 0 Å². The van der Waals surface area contributed by atoms with E-state index in [1.54, 1.807) is 0 Å². The van der Waals surface area contributed by atoms with Crippen LogP contribution in [0.3, 0.4) is 0 Å². The summed E-state index contributed by atoms with van der Waals surface area (Å²) in [7, 11) is 1.45. The van der Waals surface area contributed by atoms with Gasteiger partial charge in [0, 0.05) is 18.7 Å². The van der Waals surface area contributed by atoms with Crippen molar-refractivity contribution in [3.05, 3.63) is 28.3 Å². The van der Waals surface area contributed by atoms with Gasteiger partial charge in [-0.25, -0.2) is 0 Å². The monoisotopic (exact) mass is 268 g/mol. The molecule has 0 radical (unpaired) electrons. The number of nitro benzene ring substituents is 1. The van der Waals surface area contributed by atoms with E-state index in [2.05, 4.69) is 0 Å². The summed E-state index contributed by atoms with van der Waals surface area (Å²) in [6.45, 7) is 2.00. The zero-order valence-electron chi connectivity index (χ0n) is 10.8. The van der Waals surface area contributed by atoms with Gasteiger partial charge >= 0.3 is 5.97 Å². The molecule has 0 saturated carbocycles. The van der Waals surface area contributed by atoms with Crippen molar-refractivity contribution in [1.82, 2.24) is 0 Å². The van der Waals surface area contributed by atoms with Crippen molar-refractivity contribution in [3.8, 4) is 5.75 Å². The molecule has 0 aliphatic rings. The van der Waals surface area contributed by atoms with E-state index in [1.165, 1.54) is 30.2 Å². The van der Waals surface area contributed by atoms with Gasteiger partial charge in [-0.3, -0.25) is 14.9 Å². The average Bonchev–Trinajstić information content (AvgIpc) is 2.36. The molecule has 0 aliphatic carbocycles. The average molecular weight is 268 g/mol. The van der Waals surface area contributed by atoms with Crippen LogP contribution in [-0.4, -0.2) is 36.2 Å². The molecule has 0 saturated heterocycles. The minimum Gasteiger partial charge on any atom is -0.497 e. The lowest BCUT2D eigenvalue weighted by atomic mass is 10.2. The highest BCUT2D eigenvalue weighted by Crippen LogP contribution is 2.32. The Morgan fingerprint density at radius 1 is 1.53 bits per heavy atom. The summed E-state index contributed by atoms with van der Waals surface area (Å²) in [6.07, 6.45) is 0.682. The Bertz CT molecular complexity index is 475. The lowest BCUT2D eigenvalue weighted by molar-refractivity contribution is -0.384. The summed E-state index contributed by atoms with van der Waals surface area (Å²) in [6, 6.07) is 4.28. The first-order valence-corrected chi connectivity index (χ1v) is 5.78. The van der Waals surface area contributed by atoms with Crippen molar-refractivity contribution in [2.24, 2.45) is 0 Å². The van der Waals surface area contributed by atoms with Gasteiger partial charge in [0.05, 0.1) is 12.0 Å². The number of nitrogens with zero attached hydrogens (tertiary/aromatic N) is 2. The van der Waals surface area contributed by atoms with Gasteiger partial charge in [-0.2, -0.15) is 0 Å². The molecule has 0 heterocycles. The van der Waals surface area contributed by atoms with Crippen LogP contribution in [-0.2, 0) is 4.79 Å². The number of rotatable bonds is 7. The summed E-state index contributed by atoms with van der Waals surface area (Å²) in [5.74, 6) is -0.586. The number of aliphatic carboxylic acids is 1. The summed E-state index contributed by atoms with van der Waals surface area (Å²) in [5.41, 5.74) is 0.129. The van der Waals surface area contributed by atoms with Gasteiger partial charge in [0.1, 0.15) is 18.0 Å². The maximum Gasteiger partial charge on any atom is 0.323 e. The van der Waals surface area contributed by atoms with Crippen LogP contribution in [0, 0.1) is 10.1 Å². The predicted molar refractivity (Wildman–Crippen MR) is 69.8 cm³/mol. The molecule has 0 spiro atoms. The fraction of sp³-hybridized carbons (Fsp3) is 0.417. The molecule has 0 aliphatic heterocycles. The molecule has 1 rings (SSSR count). The standard InChI is InChI=1S/C12H16N2O5/c1-3-6-13(8-12(15)16)11-7-9(19-2)4-5-10(11)14(17)18/h4-5,7H,3,6,8H2,1-2H3,(H,15,16). The molecule has 0 amide bonds. The zero-order chi connectivity index (χ0) is 14.4. The number of carboxylic acids is 1. The second-order valence-corrected chi connectivity index (χ2v) is 3.93. The third-order valence-electron chi connectivity index (χ3n) is 2.54. The smallest absolute Gasteiger partial charge is 0.323 e. The topological polar surface area (TPSA) is 92.9 Å². The highest BCUT2D eigenvalue weighted by atomic mass is 16.6. The van der Waals surface area contributed by atoms with Crippen LogP contribution in [0.25, 0.3) is 0 Å². The maximum atomic E-state index is 11.0. The number of carboxylic acid groups (broad SMARTS) is 1. The van der Waals surface area contributed by atoms with Crippen LogP contribution in [0.4, 0.5) is 11.4 Å². The molecule has 0 unspecified atom stereocenters. The van der Waals surface area contributed by atoms with E-state index < -0.39 is 10.9 Å². The van der Waals surface area contributed by atoms with Crippen molar-refractivity contribution < 1.29 is 19.6 Å². The predicted octanol–water partition coefficient (Wildman–Crippen LogP) is 1.90. The molecular weight excluding hydrogens is 252 g/mol. The Balaban J connectivity index is 3.23. The van der Waals surface area contributed by atoms with Crippen molar-refractivity contribution in [2.45, 2.75) is 13.3 Å². The molecular formula is C12H16N2O5. The molecule has 1 aromatic carbocycles. The first-order valence-electron chi connectivity index (χ1n) is 5.78. The lowest BCUT2D eigenvalue weighted by Gasteiger charge is -2.22. The molecule has 0 aromatic heterocycles. The fourth-order valence-corrected chi connectivity index (χ4v) is 1.76. The highest BCUT2D eigenvalue weighted by Gasteiger charge is 2.21. The van der Waals surface area contributed by atoms with Gasteiger partial charge in [-0.05, 0) is 12.5 Å². The van der Waals surface area contributed by atoms with E-state index in [1.807, 2.05) is 6.92 Å². The van der Waals surface area contributed by atoms with E-state index in [4.69, 9.17) is 9.84 Å². The number of ether oxygens (including phenoxy) is 1. The minimum atomic E-state index is -1.04. The van der Waals surface area contributed by atoms with E-state index >= 15 is 0 Å². The number of benzene rings is 1. The van der Waals surface area contributed by atoms with Crippen molar-refractivity contribution in [3.63, 3.8) is 0 Å². The Morgan fingerprint density at radius 2 is 2.21 bits per heavy atom. The van der Waals surface area contributed by atoms with Gasteiger partial charge in [0.2, 0.25) is 0 Å². The quantitative estimate of drug-likeness (QED) is 0.599. The van der Waals surface area contributed by atoms with E-state index in [-0.39, 0.29) is 17.9 Å². The number of carbonyl (C=O) groups is 1. The van der Waals surface area contributed by atoms with Crippen molar-refractivity contribution >= 4 is 17.3 Å². The van der Waals surface area contributed by atoms with E-state index in [0.717, 1.165) is 0 Å². The van der Waals surface area contributed by atoms with Crippen molar-refractivity contribution in [2.75, 3.05) is 25.1 Å². The van der Waals surface area contributed by atoms with Crippen LogP contribution in [0.2, 0.25) is 0 Å². The molecule has 104 valence electrons. The molecule has 1 N–H and O–H groups in total. The minimum absolute atomic E-state index is 0.129. The SMILES string of the molecule is CCCN(CC(=O)O)c1cc(OC)ccc1[N+](=O)[O-]. The van der Waals surface area contributed by atoms with Crippen LogP contribution in [0.5, 0.6) is 5.75 Å². The van der Waals surface area contributed by atoms with Crippen LogP contribution < -0.4 is 9.64 Å². The summed E-state index contributed by atoms with van der Waals surface area (Å²) in [5, 5.41) is 19.9. The Kier molecular flexibility index (Phi) is 5.11. The molecule has 0 bridgehead atoms.